The molecule has 4 nitrogen and oxygen atoms in total. The van der Waals surface area contributed by atoms with Gasteiger partial charge < -0.3 is 9.84 Å². The lowest BCUT2D eigenvalue weighted by molar-refractivity contribution is 0.168. The molecule has 1 rings (SSSR count). The molecule has 0 aromatic heterocycles. The number of carbonyl (C=O) groups excluding carboxylic acids is 1. The highest BCUT2D eigenvalue weighted by Gasteiger charge is 2.04. The third kappa shape index (κ3) is 3.42. The van der Waals surface area contributed by atoms with Crippen molar-refractivity contribution in [1.82, 2.24) is 0 Å². The molecule has 82 valence electrons. The van der Waals surface area contributed by atoms with Crippen LogP contribution < -0.4 is 5.32 Å². The van der Waals surface area contributed by atoms with Gasteiger partial charge in [-0.15, -0.1) is 0 Å². The summed E-state index contributed by atoms with van der Waals surface area (Å²) in [5, 5.41) is 11.9. The number of amides is 1. The molecule has 1 amide bonds. The second-order valence-electron chi connectivity index (χ2n) is 2.81. The highest BCUT2D eigenvalue weighted by Crippen LogP contribution is 2.20. The summed E-state index contributed by atoms with van der Waals surface area (Å²) in [7, 11) is 0. The second kappa shape index (κ2) is 5.58. The molecule has 15 heavy (non-hydrogen) atoms. The number of carbonyl (C=O) groups is 1. The minimum Gasteiger partial charge on any atom is -0.450 e. The minimum atomic E-state index is -0.524. The average Bonchev–Trinajstić information content (AvgIpc) is 2.21. The van der Waals surface area contributed by atoms with Gasteiger partial charge in [-0.1, -0.05) is 11.6 Å². The zero-order valence-electron chi connectivity index (χ0n) is 8.29. The lowest BCUT2D eigenvalue weighted by atomic mass is 10.2. The van der Waals surface area contributed by atoms with E-state index in [1.165, 1.54) is 0 Å². The van der Waals surface area contributed by atoms with Crippen LogP contribution in [0.5, 0.6) is 0 Å². The van der Waals surface area contributed by atoms with E-state index < -0.39 is 6.09 Å². The molecule has 0 spiro atoms. The zero-order chi connectivity index (χ0) is 11.3. The van der Waals surface area contributed by atoms with Crippen LogP contribution in [0, 0.1) is 0 Å². The van der Waals surface area contributed by atoms with Crippen molar-refractivity contribution in [2.75, 3.05) is 11.9 Å². The summed E-state index contributed by atoms with van der Waals surface area (Å²) >= 11 is 5.79. The third-order valence-electron chi connectivity index (χ3n) is 1.74. The van der Waals surface area contributed by atoms with E-state index in [2.05, 4.69) is 5.32 Å². The Morgan fingerprint density at radius 2 is 2.33 bits per heavy atom. The number of hydrogen-bond acceptors (Lipinski definition) is 3. The first-order valence-corrected chi connectivity index (χ1v) is 4.88. The Morgan fingerprint density at radius 1 is 1.60 bits per heavy atom. The average molecular weight is 230 g/mol. The molecule has 0 aliphatic carbocycles. The first-order valence-electron chi connectivity index (χ1n) is 4.50. The van der Waals surface area contributed by atoms with Gasteiger partial charge in [-0.3, -0.25) is 5.32 Å². The number of nitrogens with one attached hydrogen (secondary N) is 1. The summed E-state index contributed by atoms with van der Waals surface area (Å²) in [5.41, 5.74) is 1.10. The predicted molar refractivity (Wildman–Crippen MR) is 58.0 cm³/mol. The Kier molecular flexibility index (Phi) is 4.39. The summed E-state index contributed by atoms with van der Waals surface area (Å²) < 4.78 is 4.70. The Hall–Kier alpha value is -1.26. The Bertz CT molecular complexity index is 355. The van der Waals surface area contributed by atoms with E-state index in [1.54, 1.807) is 25.1 Å². The molecule has 0 unspecified atom stereocenters. The molecule has 0 saturated heterocycles. The fourth-order valence-electron chi connectivity index (χ4n) is 1.06. The highest BCUT2D eigenvalue weighted by atomic mass is 35.5. The van der Waals surface area contributed by atoms with E-state index in [9.17, 15) is 4.79 Å². The highest BCUT2D eigenvalue weighted by molar-refractivity contribution is 6.31. The number of benzene rings is 1. The van der Waals surface area contributed by atoms with Crippen LogP contribution in [0.2, 0.25) is 5.02 Å². The molecule has 0 bridgehead atoms. The lowest BCUT2D eigenvalue weighted by Crippen LogP contribution is -2.13. The quantitative estimate of drug-likeness (QED) is 0.837. The topological polar surface area (TPSA) is 58.6 Å². The smallest absolute Gasteiger partial charge is 0.411 e. The molecule has 0 radical (unpaired) electrons. The number of halogens is 1. The first-order chi connectivity index (χ1) is 7.17. The summed E-state index contributed by atoms with van der Waals surface area (Å²) in [6.07, 6.45) is -0.524. The van der Waals surface area contributed by atoms with Crippen molar-refractivity contribution in [2.24, 2.45) is 0 Å². The number of aliphatic hydroxyl groups is 1. The summed E-state index contributed by atoms with van der Waals surface area (Å²) in [4.78, 5) is 11.1. The van der Waals surface area contributed by atoms with E-state index >= 15 is 0 Å². The predicted octanol–water partition coefficient (Wildman–Crippen LogP) is 2.40. The maximum absolute atomic E-state index is 11.1. The molecule has 0 fully saturated rings. The lowest BCUT2D eigenvalue weighted by Gasteiger charge is -2.07. The van der Waals surface area contributed by atoms with Crippen LogP contribution in [-0.4, -0.2) is 17.8 Å². The zero-order valence-corrected chi connectivity index (χ0v) is 9.04. The van der Waals surface area contributed by atoms with Gasteiger partial charge in [-0.25, -0.2) is 4.79 Å². The molecular formula is C10H12ClNO3. The van der Waals surface area contributed by atoms with Crippen molar-refractivity contribution in [2.45, 2.75) is 13.5 Å². The van der Waals surface area contributed by atoms with Gasteiger partial charge >= 0.3 is 6.09 Å². The molecule has 1 aromatic carbocycles. The molecule has 0 aliphatic rings. The van der Waals surface area contributed by atoms with Gasteiger partial charge in [-0.2, -0.15) is 0 Å². The van der Waals surface area contributed by atoms with Crippen LogP contribution in [0.25, 0.3) is 0 Å². The first kappa shape index (κ1) is 11.8. The monoisotopic (exact) mass is 229 g/mol. The van der Waals surface area contributed by atoms with Gasteiger partial charge in [0.2, 0.25) is 0 Å². The van der Waals surface area contributed by atoms with Gasteiger partial charge in [0, 0.05) is 10.7 Å². The van der Waals surface area contributed by atoms with E-state index in [1.807, 2.05) is 0 Å². The van der Waals surface area contributed by atoms with E-state index in [4.69, 9.17) is 21.4 Å². The van der Waals surface area contributed by atoms with Gasteiger partial charge in [0.1, 0.15) is 0 Å². The standard InChI is InChI=1S/C10H12ClNO3/c1-2-15-10(14)12-8-3-4-9(11)7(5-8)6-13/h3-5,13H,2,6H2,1H3,(H,12,14). The Balaban J connectivity index is 2.74. The van der Waals surface area contributed by atoms with E-state index in [0.29, 0.717) is 22.9 Å². The Morgan fingerprint density at radius 3 is 2.93 bits per heavy atom. The third-order valence-corrected chi connectivity index (χ3v) is 2.11. The number of rotatable bonds is 3. The minimum absolute atomic E-state index is 0.169. The van der Waals surface area contributed by atoms with Crippen molar-refractivity contribution in [3.8, 4) is 0 Å². The van der Waals surface area contributed by atoms with Crippen molar-refractivity contribution < 1.29 is 14.6 Å². The van der Waals surface area contributed by atoms with Gasteiger partial charge in [-0.05, 0) is 30.7 Å². The molecule has 5 heteroatoms. The molecule has 2 N–H and O–H groups in total. The maximum Gasteiger partial charge on any atom is 0.411 e. The summed E-state index contributed by atoms with van der Waals surface area (Å²) in [6, 6.07) is 4.84. The van der Waals surface area contributed by atoms with E-state index in [-0.39, 0.29) is 6.61 Å². The molecular weight excluding hydrogens is 218 g/mol. The molecule has 1 aromatic rings. The van der Waals surface area contributed by atoms with Crippen LogP contribution in [0.3, 0.4) is 0 Å². The molecule has 0 heterocycles. The number of aliphatic hydroxyl groups excluding tert-OH is 1. The largest absolute Gasteiger partial charge is 0.450 e. The second-order valence-corrected chi connectivity index (χ2v) is 3.22. The molecule has 0 saturated carbocycles. The van der Waals surface area contributed by atoms with Crippen LogP contribution in [0.15, 0.2) is 18.2 Å². The SMILES string of the molecule is CCOC(=O)Nc1ccc(Cl)c(CO)c1. The van der Waals surface area contributed by atoms with Crippen molar-refractivity contribution in [3.05, 3.63) is 28.8 Å². The summed E-state index contributed by atoms with van der Waals surface area (Å²) in [5.74, 6) is 0. The van der Waals surface area contributed by atoms with Crippen molar-refractivity contribution in [3.63, 3.8) is 0 Å². The molecule has 0 atom stereocenters. The van der Waals surface area contributed by atoms with E-state index in [0.717, 1.165) is 0 Å². The van der Waals surface area contributed by atoms with Gasteiger partial charge in [0.05, 0.1) is 13.2 Å². The van der Waals surface area contributed by atoms with Gasteiger partial charge in [0.15, 0.2) is 0 Å². The van der Waals surface area contributed by atoms with Crippen LogP contribution >= 0.6 is 11.6 Å². The van der Waals surface area contributed by atoms with Crippen LogP contribution in [0.1, 0.15) is 12.5 Å². The summed E-state index contributed by atoms with van der Waals surface area (Å²) in [6.45, 7) is 1.87. The van der Waals surface area contributed by atoms with Crippen LogP contribution in [-0.2, 0) is 11.3 Å². The van der Waals surface area contributed by atoms with Gasteiger partial charge in [0.25, 0.3) is 0 Å². The maximum atomic E-state index is 11.1. The van der Waals surface area contributed by atoms with Crippen molar-refractivity contribution in [1.29, 1.82) is 0 Å². The molecule has 0 aliphatic heterocycles. The van der Waals surface area contributed by atoms with Crippen molar-refractivity contribution >= 4 is 23.4 Å². The number of hydrogen-bond donors (Lipinski definition) is 2. The number of ether oxygens (including phenoxy) is 1. The number of anilines is 1. The Labute approximate surface area is 92.8 Å². The fourth-order valence-corrected chi connectivity index (χ4v) is 1.24. The van der Waals surface area contributed by atoms with Crippen LogP contribution in [0.4, 0.5) is 10.5 Å². The normalized spacial score (nSPS) is 9.80. The fraction of sp³-hybridized carbons (Fsp3) is 0.300.